The normalized spacial score (nSPS) is 10.3. The van der Waals surface area contributed by atoms with Crippen LogP contribution >= 0.6 is 0 Å². The molecule has 0 aliphatic heterocycles. The van der Waals surface area contributed by atoms with Crippen molar-refractivity contribution >= 4 is 5.91 Å². The third-order valence-corrected chi connectivity index (χ3v) is 4.49. The highest BCUT2D eigenvalue weighted by Gasteiger charge is 2.20. The first-order valence-electron chi connectivity index (χ1n) is 9.93. The Balaban J connectivity index is 2.26. The van der Waals surface area contributed by atoms with Crippen LogP contribution in [-0.2, 0) is 6.54 Å². The van der Waals surface area contributed by atoms with Gasteiger partial charge in [-0.3, -0.25) is 4.79 Å². The molecule has 0 unspecified atom stereocenters. The lowest BCUT2D eigenvalue weighted by Crippen LogP contribution is -2.26. The minimum absolute atomic E-state index is 0.144. The summed E-state index contributed by atoms with van der Waals surface area (Å²) in [6.07, 6.45) is 0.891. The third kappa shape index (κ3) is 5.28. The number of benzene rings is 2. The number of rotatable bonds is 11. The van der Waals surface area contributed by atoms with E-state index < -0.39 is 0 Å². The van der Waals surface area contributed by atoms with E-state index in [1.165, 1.54) is 0 Å². The van der Waals surface area contributed by atoms with Crippen LogP contribution in [0, 0.1) is 0 Å². The molecule has 2 aromatic carbocycles. The number of carbonyl (C=O) groups excluding carboxylic acids is 1. The Hall–Kier alpha value is -3.09. The fourth-order valence-electron chi connectivity index (χ4n) is 3.08. The molecule has 2 rings (SSSR count). The topological polar surface area (TPSA) is 66.5 Å². The lowest BCUT2D eigenvalue weighted by molar-refractivity contribution is 0.0783. The van der Waals surface area contributed by atoms with Gasteiger partial charge in [0.1, 0.15) is 0 Å². The fraction of sp³-hybridized carbons (Fsp3) is 0.435. The van der Waals surface area contributed by atoms with Crippen molar-refractivity contribution in [1.29, 1.82) is 0 Å². The van der Waals surface area contributed by atoms with Crippen LogP contribution in [-0.4, -0.2) is 52.4 Å². The molecule has 0 heterocycles. The van der Waals surface area contributed by atoms with E-state index >= 15 is 0 Å². The zero-order valence-corrected chi connectivity index (χ0v) is 18.6. The van der Waals surface area contributed by atoms with Crippen LogP contribution < -0.4 is 23.7 Å². The molecule has 0 N–H and O–H groups in total. The summed E-state index contributed by atoms with van der Waals surface area (Å²) < 4.78 is 27.7. The summed E-state index contributed by atoms with van der Waals surface area (Å²) >= 11 is 0. The molecule has 7 heteroatoms. The summed E-state index contributed by atoms with van der Waals surface area (Å²) in [4.78, 5) is 14.7. The van der Waals surface area contributed by atoms with Crippen LogP contribution in [0.2, 0.25) is 0 Å². The summed E-state index contributed by atoms with van der Waals surface area (Å²) in [5, 5.41) is 0. The van der Waals surface area contributed by atoms with Crippen molar-refractivity contribution < 1.29 is 28.5 Å². The molecule has 0 aliphatic rings. The number of methoxy groups -OCH3 is 3. The van der Waals surface area contributed by atoms with E-state index in [0.717, 1.165) is 12.0 Å². The quantitative estimate of drug-likeness (QED) is 0.547. The number of amides is 1. The molecule has 0 aromatic heterocycles. The Morgan fingerprint density at radius 3 is 2.17 bits per heavy atom. The molecule has 0 radical (unpaired) electrons. The lowest BCUT2D eigenvalue weighted by Gasteiger charge is -2.21. The maximum atomic E-state index is 13.0. The van der Waals surface area contributed by atoms with Crippen LogP contribution in [0.4, 0.5) is 0 Å². The summed E-state index contributed by atoms with van der Waals surface area (Å²) in [6.45, 7) is 5.34. The van der Waals surface area contributed by atoms with Gasteiger partial charge in [0.15, 0.2) is 23.0 Å². The van der Waals surface area contributed by atoms with Crippen LogP contribution in [0.15, 0.2) is 30.3 Å². The molecule has 30 heavy (non-hydrogen) atoms. The predicted molar refractivity (Wildman–Crippen MR) is 115 cm³/mol. The van der Waals surface area contributed by atoms with Crippen molar-refractivity contribution in [2.45, 2.75) is 26.8 Å². The number of carbonyl (C=O) groups is 1. The minimum Gasteiger partial charge on any atom is -0.493 e. The Kier molecular flexibility index (Phi) is 8.65. The van der Waals surface area contributed by atoms with Crippen LogP contribution in [0.1, 0.15) is 36.2 Å². The van der Waals surface area contributed by atoms with E-state index in [0.29, 0.717) is 54.1 Å². The first-order chi connectivity index (χ1) is 14.5. The van der Waals surface area contributed by atoms with Gasteiger partial charge in [0.25, 0.3) is 5.91 Å². The number of ether oxygens (including phenoxy) is 5. The van der Waals surface area contributed by atoms with Gasteiger partial charge in [-0.25, -0.2) is 0 Å². The second-order valence-electron chi connectivity index (χ2n) is 6.60. The highest BCUT2D eigenvalue weighted by atomic mass is 16.5. The first kappa shape index (κ1) is 23.2. The van der Waals surface area contributed by atoms with Gasteiger partial charge in [0.2, 0.25) is 5.75 Å². The molecule has 0 fully saturated rings. The second kappa shape index (κ2) is 11.2. The lowest BCUT2D eigenvalue weighted by atomic mass is 10.1. The molecule has 2 aromatic rings. The van der Waals surface area contributed by atoms with Gasteiger partial charge in [-0.15, -0.1) is 0 Å². The zero-order valence-electron chi connectivity index (χ0n) is 18.6. The van der Waals surface area contributed by atoms with Crippen molar-refractivity contribution in [2.24, 2.45) is 0 Å². The standard InChI is InChI=1S/C23H31NO6/c1-7-13-30-18-11-9-16(14-20(18)29-8-2)23(25)24(3)15-17-10-12-19(26-4)22(28-6)21(17)27-5/h9-12,14H,7-8,13,15H2,1-6H3. The fourth-order valence-corrected chi connectivity index (χ4v) is 3.08. The Morgan fingerprint density at radius 1 is 0.867 bits per heavy atom. The van der Waals surface area contributed by atoms with E-state index in [-0.39, 0.29) is 5.91 Å². The average molecular weight is 418 g/mol. The highest BCUT2D eigenvalue weighted by molar-refractivity contribution is 5.94. The third-order valence-electron chi connectivity index (χ3n) is 4.49. The van der Waals surface area contributed by atoms with E-state index in [1.54, 1.807) is 57.5 Å². The summed E-state index contributed by atoms with van der Waals surface area (Å²) in [7, 11) is 6.42. The SMILES string of the molecule is CCCOc1ccc(C(=O)N(C)Cc2ccc(OC)c(OC)c2OC)cc1OCC. The second-order valence-corrected chi connectivity index (χ2v) is 6.60. The van der Waals surface area contributed by atoms with Crippen molar-refractivity contribution in [3.8, 4) is 28.7 Å². The van der Waals surface area contributed by atoms with Gasteiger partial charge < -0.3 is 28.6 Å². The highest BCUT2D eigenvalue weighted by Crippen LogP contribution is 2.40. The summed E-state index contributed by atoms with van der Waals surface area (Å²) in [5.41, 5.74) is 1.32. The van der Waals surface area contributed by atoms with Crippen molar-refractivity contribution in [3.05, 3.63) is 41.5 Å². The van der Waals surface area contributed by atoms with E-state index in [1.807, 2.05) is 19.9 Å². The molecular formula is C23H31NO6. The average Bonchev–Trinajstić information content (AvgIpc) is 2.77. The van der Waals surface area contributed by atoms with Gasteiger partial charge in [0.05, 0.1) is 34.5 Å². The van der Waals surface area contributed by atoms with Crippen molar-refractivity contribution in [3.63, 3.8) is 0 Å². The van der Waals surface area contributed by atoms with Crippen molar-refractivity contribution in [1.82, 2.24) is 4.90 Å². The van der Waals surface area contributed by atoms with Gasteiger partial charge in [0, 0.05) is 24.7 Å². The molecule has 0 bridgehead atoms. The van der Waals surface area contributed by atoms with Gasteiger partial charge >= 0.3 is 0 Å². The molecule has 0 saturated carbocycles. The summed E-state index contributed by atoms with van der Waals surface area (Å²) in [5.74, 6) is 2.66. The molecule has 1 amide bonds. The van der Waals surface area contributed by atoms with E-state index in [2.05, 4.69) is 0 Å². The molecule has 0 spiro atoms. The molecule has 164 valence electrons. The Labute approximate surface area is 178 Å². The minimum atomic E-state index is -0.144. The molecule has 0 aliphatic carbocycles. The molecule has 0 atom stereocenters. The first-order valence-corrected chi connectivity index (χ1v) is 9.93. The van der Waals surface area contributed by atoms with Crippen LogP contribution in [0.5, 0.6) is 28.7 Å². The van der Waals surface area contributed by atoms with Crippen LogP contribution in [0.3, 0.4) is 0 Å². The maximum Gasteiger partial charge on any atom is 0.254 e. The number of nitrogens with zero attached hydrogens (tertiary/aromatic N) is 1. The number of hydrogen-bond donors (Lipinski definition) is 0. The predicted octanol–water partition coefficient (Wildman–Crippen LogP) is 4.17. The van der Waals surface area contributed by atoms with Gasteiger partial charge in [-0.2, -0.15) is 0 Å². The molecule has 7 nitrogen and oxygen atoms in total. The Morgan fingerprint density at radius 2 is 1.57 bits per heavy atom. The smallest absolute Gasteiger partial charge is 0.254 e. The van der Waals surface area contributed by atoms with E-state index in [9.17, 15) is 4.79 Å². The van der Waals surface area contributed by atoms with Crippen molar-refractivity contribution in [2.75, 3.05) is 41.6 Å². The number of hydrogen-bond acceptors (Lipinski definition) is 6. The summed E-state index contributed by atoms with van der Waals surface area (Å²) in [6, 6.07) is 8.90. The van der Waals surface area contributed by atoms with Gasteiger partial charge in [-0.1, -0.05) is 6.92 Å². The Bertz CT molecular complexity index is 852. The maximum absolute atomic E-state index is 13.0. The molecule has 0 saturated heterocycles. The largest absolute Gasteiger partial charge is 0.493 e. The zero-order chi connectivity index (χ0) is 22.1. The van der Waals surface area contributed by atoms with Crippen LogP contribution in [0.25, 0.3) is 0 Å². The van der Waals surface area contributed by atoms with E-state index in [4.69, 9.17) is 23.7 Å². The van der Waals surface area contributed by atoms with Gasteiger partial charge in [-0.05, 0) is 43.7 Å². The monoisotopic (exact) mass is 417 g/mol. The molecular weight excluding hydrogens is 386 g/mol.